The fraction of sp³-hybridized carbons (Fsp3) is 0.167. The van der Waals surface area contributed by atoms with Gasteiger partial charge in [0, 0.05) is 41.7 Å². The van der Waals surface area contributed by atoms with Gasteiger partial charge in [-0.3, -0.25) is 24.6 Å². The molecule has 1 aliphatic heterocycles. The van der Waals surface area contributed by atoms with Gasteiger partial charge < -0.3 is 4.90 Å². The molecule has 7 nitrogen and oxygen atoms in total. The molecule has 3 aromatic carbocycles. The Kier molecular flexibility index (Phi) is 5.35. The molecule has 0 aliphatic carbocycles. The van der Waals surface area contributed by atoms with E-state index in [1.165, 1.54) is 17.0 Å². The van der Waals surface area contributed by atoms with Gasteiger partial charge in [-0.2, -0.15) is 0 Å². The Morgan fingerprint density at radius 1 is 0.935 bits per heavy atom. The molecular formula is C24H21N3O4. The molecule has 0 saturated carbocycles. The average Bonchev–Trinajstić information content (AvgIpc) is 2.75. The molecule has 156 valence electrons. The first-order valence-electron chi connectivity index (χ1n) is 9.85. The summed E-state index contributed by atoms with van der Waals surface area (Å²) in [6, 6.07) is 15.4. The van der Waals surface area contributed by atoms with E-state index < -0.39 is 4.92 Å². The zero-order valence-corrected chi connectivity index (χ0v) is 17.2. The number of hydrogen-bond acceptors (Lipinski definition) is 5. The third kappa shape index (κ3) is 3.95. The smallest absolute Gasteiger partial charge is 0.269 e. The van der Waals surface area contributed by atoms with Crippen molar-refractivity contribution < 1.29 is 14.5 Å². The summed E-state index contributed by atoms with van der Waals surface area (Å²) in [6.07, 6.45) is 3.70. The van der Waals surface area contributed by atoms with Gasteiger partial charge in [-0.05, 0) is 60.9 Å². The molecule has 0 fully saturated rings. The Morgan fingerprint density at radius 2 is 1.61 bits per heavy atom. The molecule has 0 atom stereocenters. The molecule has 1 heterocycles. The van der Waals surface area contributed by atoms with Gasteiger partial charge in [0.1, 0.15) is 0 Å². The Morgan fingerprint density at radius 3 is 2.29 bits per heavy atom. The molecule has 0 N–H and O–H groups in total. The van der Waals surface area contributed by atoms with E-state index in [0.717, 1.165) is 16.5 Å². The van der Waals surface area contributed by atoms with Gasteiger partial charge in [-0.1, -0.05) is 24.3 Å². The summed E-state index contributed by atoms with van der Waals surface area (Å²) < 4.78 is 0. The van der Waals surface area contributed by atoms with E-state index in [-0.39, 0.29) is 17.5 Å². The molecule has 0 aromatic heterocycles. The Labute approximate surface area is 179 Å². The maximum Gasteiger partial charge on any atom is 0.269 e. The van der Waals surface area contributed by atoms with Crippen molar-refractivity contribution in [2.75, 3.05) is 27.2 Å². The topological polar surface area (TPSA) is 83.8 Å². The number of rotatable bonds is 6. The van der Waals surface area contributed by atoms with Gasteiger partial charge in [0.25, 0.3) is 17.5 Å². The van der Waals surface area contributed by atoms with Crippen LogP contribution in [-0.4, -0.2) is 53.7 Å². The number of likely N-dealkylation sites (N-methyl/N-ethyl adjacent to an activating group) is 1. The van der Waals surface area contributed by atoms with Crippen molar-refractivity contribution in [3.05, 3.63) is 87.0 Å². The number of amides is 2. The van der Waals surface area contributed by atoms with Crippen molar-refractivity contribution in [2.24, 2.45) is 0 Å². The molecule has 7 heteroatoms. The molecule has 0 bridgehead atoms. The lowest BCUT2D eigenvalue weighted by molar-refractivity contribution is -0.384. The number of benzene rings is 3. The zero-order chi connectivity index (χ0) is 22.1. The van der Waals surface area contributed by atoms with Crippen molar-refractivity contribution in [3.63, 3.8) is 0 Å². The second kappa shape index (κ2) is 8.12. The predicted molar refractivity (Wildman–Crippen MR) is 120 cm³/mol. The zero-order valence-electron chi connectivity index (χ0n) is 17.2. The second-order valence-corrected chi connectivity index (χ2v) is 7.72. The summed E-state index contributed by atoms with van der Waals surface area (Å²) in [5, 5.41) is 12.3. The summed E-state index contributed by atoms with van der Waals surface area (Å²) in [6.45, 7) is 0.909. The Hall–Kier alpha value is -3.84. The third-order valence-electron chi connectivity index (χ3n) is 5.29. The summed E-state index contributed by atoms with van der Waals surface area (Å²) in [5.41, 5.74) is 2.70. The van der Waals surface area contributed by atoms with Crippen LogP contribution in [0.15, 0.2) is 54.6 Å². The van der Waals surface area contributed by atoms with E-state index in [2.05, 4.69) is 0 Å². The molecule has 1 aliphatic rings. The van der Waals surface area contributed by atoms with E-state index in [1.54, 1.807) is 24.3 Å². The van der Waals surface area contributed by atoms with Gasteiger partial charge >= 0.3 is 0 Å². The number of carbonyl (C=O) groups excluding carboxylic acids is 2. The van der Waals surface area contributed by atoms with Gasteiger partial charge in [-0.25, -0.2) is 0 Å². The van der Waals surface area contributed by atoms with E-state index in [9.17, 15) is 19.7 Å². The number of nitro groups is 1. The fourth-order valence-corrected chi connectivity index (χ4v) is 3.68. The van der Waals surface area contributed by atoms with Crippen LogP contribution < -0.4 is 0 Å². The lowest BCUT2D eigenvalue weighted by Gasteiger charge is -2.28. The average molecular weight is 415 g/mol. The SMILES string of the molecule is CN(C)CCN1C(=O)c2cccc3cc(/C=C/c4ccc([N+](=O)[O-])cc4)cc(c23)C1=O. The van der Waals surface area contributed by atoms with Gasteiger partial charge in [0.05, 0.1) is 4.92 Å². The first-order chi connectivity index (χ1) is 14.8. The van der Waals surface area contributed by atoms with Crippen LogP contribution in [0.1, 0.15) is 31.8 Å². The molecule has 0 unspecified atom stereocenters. The molecule has 0 saturated heterocycles. The molecule has 4 rings (SSSR count). The highest BCUT2D eigenvalue weighted by molar-refractivity contribution is 6.25. The van der Waals surface area contributed by atoms with Crippen molar-refractivity contribution in [2.45, 2.75) is 0 Å². The van der Waals surface area contributed by atoms with E-state index in [0.29, 0.717) is 29.6 Å². The quantitative estimate of drug-likeness (QED) is 0.262. The number of carbonyl (C=O) groups is 2. The minimum absolute atomic E-state index is 0.0351. The van der Waals surface area contributed by atoms with Crippen LogP contribution in [0.5, 0.6) is 0 Å². The highest BCUT2D eigenvalue weighted by Gasteiger charge is 2.32. The van der Waals surface area contributed by atoms with Crippen LogP contribution in [0.25, 0.3) is 22.9 Å². The minimum atomic E-state index is -0.436. The summed E-state index contributed by atoms with van der Waals surface area (Å²) in [4.78, 5) is 39.7. The minimum Gasteiger partial charge on any atom is -0.308 e. The molecule has 0 spiro atoms. The maximum absolute atomic E-state index is 13.2. The van der Waals surface area contributed by atoms with Crippen LogP contribution in [0.2, 0.25) is 0 Å². The van der Waals surface area contributed by atoms with Gasteiger partial charge in [0.15, 0.2) is 0 Å². The van der Waals surface area contributed by atoms with E-state index in [4.69, 9.17) is 0 Å². The summed E-state index contributed by atoms with van der Waals surface area (Å²) in [5.74, 6) is -0.555. The largest absolute Gasteiger partial charge is 0.308 e. The molecular weight excluding hydrogens is 394 g/mol. The second-order valence-electron chi connectivity index (χ2n) is 7.72. The van der Waals surface area contributed by atoms with Crippen molar-refractivity contribution in [3.8, 4) is 0 Å². The van der Waals surface area contributed by atoms with Crippen molar-refractivity contribution in [1.29, 1.82) is 0 Å². The monoisotopic (exact) mass is 415 g/mol. The van der Waals surface area contributed by atoms with Crippen LogP contribution >= 0.6 is 0 Å². The lowest BCUT2D eigenvalue weighted by atomic mass is 9.92. The van der Waals surface area contributed by atoms with Crippen LogP contribution in [0, 0.1) is 10.1 Å². The fourth-order valence-electron chi connectivity index (χ4n) is 3.68. The number of nitrogens with zero attached hydrogens (tertiary/aromatic N) is 3. The Bertz CT molecular complexity index is 1230. The Balaban J connectivity index is 1.72. The number of non-ortho nitro benzene ring substituents is 1. The van der Waals surface area contributed by atoms with Gasteiger partial charge in [-0.15, -0.1) is 0 Å². The first-order valence-corrected chi connectivity index (χ1v) is 9.85. The molecule has 2 amide bonds. The normalized spacial score (nSPS) is 13.6. The lowest BCUT2D eigenvalue weighted by Crippen LogP contribution is -2.43. The highest BCUT2D eigenvalue weighted by Crippen LogP contribution is 2.32. The van der Waals surface area contributed by atoms with Crippen molar-refractivity contribution in [1.82, 2.24) is 9.80 Å². The van der Waals surface area contributed by atoms with E-state index in [1.807, 2.05) is 49.3 Å². The number of imide groups is 1. The molecule has 3 aromatic rings. The summed E-state index contributed by atoms with van der Waals surface area (Å²) >= 11 is 0. The van der Waals surface area contributed by atoms with Crippen LogP contribution in [-0.2, 0) is 0 Å². The number of hydrogen-bond donors (Lipinski definition) is 0. The highest BCUT2D eigenvalue weighted by atomic mass is 16.6. The standard InChI is InChI=1S/C24H21N3O4/c1-25(2)12-13-26-23(28)20-5-3-4-18-14-17(15-21(22(18)20)24(26)29)7-6-16-8-10-19(11-9-16)27(30)31/h3-11,14-15H,12-13H2,1-2H3/b7-6+. The van der Waals surface area contributed by atoms with E-state index >= 15 is 0 Å². The molecule has 0 radical (unpaired) electrons. The van der Waals surface area contributed by atoms with Crippen molar-refractivity contribution >= 4 is 40.4 Å². The maximum atomic E-state index is 13.2. The van der Waals surface area contributed by atoms with Crippen LogP contribution in [0.3, 0.4) is 0 Å². The molecule has 31 heavy (non-hydrogen) atoms. The summed E-state index contributed by atoms with van der Waals surface area (Å²) in [7, 11) is 3.79. The number of nitro benzene ring substituents is 1. The first kappa shape index (κ1) is 20.4. The van der Waals surface area contributed by atoms with Crippen LogP contribution in [0.4, 0.5) is 5.69 Å². The third-order valence-corrected chi connectivity index (χ3v) is 5.29. The van der Waals surface area contributed by atoms with Gasteiger partial charge in [0.2, 0.25) is 0 Å². The predicted octanol–water partition coefficient (Wildman–Crippen LogP) is 4.08.